The molecule has 0 bridgehead atoms. The molecule has 2 aliphatic rings. The third-order valence-electron chi connectivity index (χ3n) is 4.49. The molecule has 0 aromatic rings. The minimum atomic E-state index is -0.0568. The Balaban J connectivity index is 1.89. The molecule has 110 valence electrons. The predicted molar refractivity (Wildman–Crippen MR) is 77.0 cm³/mol. The summed E-state index contributed by atoms with van der Waals surface area (Å²) in [5.74, 6) is 1.28. The molecule has 0 amide bonds. The Labute approximate surface area is 117 Å². The van der Waals surface area contributed by atoms with Crippen molar-refractivity contribution in [3.05, 3.63) is 0 Å². The average Bonchev–Trinajstić information content (AvgIpc) is 3.15. The smallest absolute Gasteiger partial charge is 0.323 e. The number of nitrogens with one attached hydrogen (secondary N) is 1. The largest absolute Gasteiger partial charge is 0.465 e. The molecule has 0 aliphatic heterocycles. The van der Waals surface area contributed by atoms with E-state index in [9.17, 15) is 4.79 Å². The molecular weight excluding hydrogens is 238 g/mol. The quantitative estimate of drug-likeness (QED) is 0.751. The van der Waals surface area contributed by atoms with E-state index >= 15 is 0 Å². The number of ether oxygens (including phenoxy) is 1. The molecule has 2 aliphatic carbocycles. The predicted octanol–water partition coefficient (Wildman–Crippen LogP) is 3.28. The lowest BCUT2D eigenvalue weighted by Crippen LogP contribution is -2.45. The Bertz CT molecular complexity index is 268. The van der Waals surface area contributed by atoms with Crippen LogP contribution in [0, 0.1) is 11.8 Å². The molecule has 1 atom stereocenters. The first-order valence-corrected chi connectivity index (χ1v) is 8.21. The molecule has 2 fully saturated rings. The van der Waals surface area contributed by atoms with Gasteiger partial charge in [-0.3, -0.25) is 4.79 Å². The number of hydrogen-bond acceptors (Lipinski definition) is 3. The maximum Gasteiger partial charge on any atom is 0.323 e. The Morgan fingerprint density at radius 1 is 1.11 bits per heavy atom. The third-order valence-corrected chi connectivity index (χ3v) is 4.49. The highest BCUT2D eigenvalue weighted by Crippen LogP contribution is 2.29. The van der Waals surface area contributed by atoms with Gasteiger partial charge in [-0.25, -0.2) is 0 Å². The summed E-state index contributed by atoms with van der Waals surface area (Å²) in [7, 11) is 0. The standard InChI is InChI=1S/C16H29NO2/c1-2-19-16(18)15(17-12-13-10-11-13)14-8-6-4-3-5-7-9-14/h13-15,17H,2-12H2,1H3. The van der Waals surface area contributed by atoms with Crippen molar-refractivity contribution >= 4 is 5.97 Å². The lowest BCUT2D eigenvalue weighted by atomic mass is 9.85. The zero-order valence-electron chi connectivity index (χ0n) is 12.3. The highest BCUT2D eigenvalue weighted by atomic mass is 16.5. The number of carbonyl (C=O) groups is 1. The van der Waals surface area contributed by atoms with E-state index in [2.05, 4.69) is 5.32 Å². The summed E-state index contributed by atoms with van der Waals surface area (Å²) < 4.78 is 5.28. The van der Waals surface area contributed by atoms with Crippen molar-refractivity contribution in [2.24, 2.45) is 11.8 Å². The van der Waals surface area contributed by atoms with Crippen LogP contribution >= 0.6 is 0 Å². The van der Waals surface area contributed by atoms with Gasteiger partial charge in [0.2, 0.25) is 0 Å². The number of carbonyl (C=O) groups excluding carboxylic acids is 1. The van der Waals surface area contributed by atoms with Crippen molar-refractivity contribution in [3.63, 3.8) is 0 Å². The van der Waals surface area contributed by atoms with Gasteiger partial charge in [0.15, 0.2) is 0 Å². The Morgan fingerprint density at radius 2 is 1.74 bits per heavy atom. The van der Waals surface area contributed by atoms with Gasteiger partial charge < -0.3 is 10.1 Å². The molecule has 3 heteroatoms. The van der Waals surface area contributed by atoms with Crippen LogP contribution in [0.3, 0.4) is 0 Å². The molecule has 0 aromatic carbocycles. The summed E-state index contributed by atoms with van der Waals surface area (Å²) in [6.45, 7) is 3.39. The van der Waals surface area contributed by atoms with Crippen molar-refractivity contribution < 1.29 is 9.53 Å². The lowest BCUT2D eigenvalue weighted by Gasteiger charge is -2.28. The zero-order chi connectivity index (χ0) is 13.5. The van der Waals surface area contributed by atoms with Gasteiger partial charge in [0.25, 0.3) is 0 Å². The van der Waals surface area contributed by atoms with Gasteiger partial charge in [0.1, 0.15) is 6.04 Å². The van der Waals surface area contributed by atoms with Crippen LogP contribution in [0.5, 0.6) is 0 Å². The van der Waals surface area contributed by atoms with Gasteiger partial charge in [-0.15, -0.1) is 0 Å². The second-order valence-corrected chi connectivity index (χ2v) is 6.19. The highest BCUT2D eigenvalue weighted by Gasteiger charge is 2.31. The Kier molecular flexibility index (Phi) is 6.15. The summed E-state index contributed by atoms with van der Waals surface area (Å²) in [5, 5.41) is 3.51. The van der Waals surface area contributed by atoms with Crippen LogP contribution in [-0.2, 0) is 9.53 Å². The van der Waals surface area contributed by atoms with E-state index in [0.29, 0.717) is 12.5 Å². The molecule has 1 unspecified atom stereocenters. The highest BCUT2D eigenvalue weighted by molar-refractivity contribution is 5.76. The Hall–Kier alpha value is -0.570. The SMILES string of the molecule is CCOC(=O)C(NCC1CC1)C1CCCCCCC1. The zero-order valence-corrected chi connectivity index (χ0v) is 12.3. The van der Waals surface area contributed by atoms with Gasteiger partial charge in [-0.1, -0.05) is 32.1 Å². The first kappa shape index (κ1) is 14.8. The number of esters is 1. The molecule has 1 N–H and O–H groups in total. The topological polar surface area (TPSA) is 38.3 Å². The van der Waals surface area contributed by atoms with Crippen molar-refractivity contribution in [3.8, 4) is 0 Å². The average molecular weight is 267 g/mol. The fraction of sp³-hybridized carbons (Fsp3) is 0.938. The summed E-state index contributed by atoms with van der Waals surface area (Å²) in [5.41, 5.74) is 0. The molecule has 0 saturated heterocycles. The maximum absolute atomic E-state index is 12.2. The summed E-state index contributed by atoms with van der Waals surface area (Å²) in [4.78, 5) is 12.2. The minimum absolute atomic E-state index is 0.0197. The molecule has 0 radical (unpaired) electrons. The van der Waals surface area contributed by atoms with E-state index in [-0.39, 0.29) is 12.0 Å². The van der Waals surface area contributed by atoms with Crippen LogP contribution < -0.4 is 5.32 Å². The van der Waals surface area contributed by atoms with E-state index in [0.717, 1.165) is 12.5 Å². The van der Waals surface area contributed by atoms with E-state index in [1.54, 1.807) is 0 Å². The maximum atomic E-state index is 12.2. The van der Waals surface area contributed by atoms with Gasteiger partial charge in [-0.05, 0) is 51.0 Å². The number of hydrogen-bond donors (Lipinski definition) is 1. The molecule has 0 aromatic heterocycles. The second kappa shape index (κ2) is 7.88. The van der Waals surface area contributed by atoms with Crippen LogP contribution in [0.15, 0.2) is 0 Å². The second-order valence-electron chi connectivity index (χ2n) is 6.19. The molecule has 3 nitrogen and oxygen atoms in total. The number of rotatable bonds is 6. The third kappa shape index (κ3) is 5.13. The van der Waals surface area contributed by atoms with Crippen LogP contribution in [0.25, 0.3) is 0 Å². The van der Waals surface area contributed by atoms with E-state index in [1.807, 2.05) is 6.92 Å². The van der Waals surface area contributed by atoms with E-state index < -0.39 is 0 Å². The summed E-state index contributed by atoms with van der Waals surface area (Å²) in [6, 6.07) is -0.0568. The Morgan fingerprint density at radius 3 is 2.32 bits per heavy atom. The van der Waals surface area contributed by atoms with Crippen molar-refractivity contribution in [1.82, 2.24) is 5.32 Å². The molecule has 2 saturated carbocycles. The van der Waals surface area contributed by atoms with Gasteiger partial charge in [0, 0.05) is 0 Å². The van der Waals surface area contributed by atoms with Crippen LogP contribution in [0.4, 0.5) is 0 Å². The van der Waals surface area contributed by atoms with Crippen molar-refractivity contribution in [1.29, 1.82) is 0 Å². The van der Waals surface area contributed by atoms with E-state index in [4.69, 9.17) is 4.74 Å². The first-order valence-electron chi connectivity index (χ1n) is 8.21. The fourth-order valence-electron chi connectivity index (χ4n) is 3.11. The minimum Gasteiger partial charge on any atom is -0.465 e. The van der Waals surface area contributed by atoms with Crippen LogP contribution in [0.2, 0.25) is 0 Å². The first-order chi connectivity index (χ1) is 9.31. The molecule has 19 heavy (non-hydrogen) atoms. The van der Waals surface area contributed by atoms with Gasteiger partial charge in [0.05, 0.1) is 6.61 Å². The summed E-state index contributed by atoms with van der Waals surface area (Å²) >= 11 is 0. The fourth-order valence-corrected chi connectivity index (χ4v) is 3.11. The van der Waals surface area contributed by atoms with Crippen LogP contribution in [0.1, 0.15) is 64.7 Å². The monoisotopic (exact) mass is 267 g/mol. The van der Waals surface area contributed by atoms with Crippen LogP contribution in [-0.4, -0.2) is 25.2 Å². The molecule has 0 heterocycles. The van der Waals surface area contributed by atoms with Crippen molar-refractivity contribution in [2.45, 2.75) is 70.8 Å². The normalized spacial score (nSPS) is 23.4. The molecule has 0 spiro atoms. The molecule has 2 rings (SSSR count). The van der Waals surface area contributed by atoms with Crippen molar-refractivity contribution in [2.75, 3.05) is 13.2 Å². The van der Waals surface area contributed by atoms with Gasteiger partial charge >= 0.3 is 5.97 Å². The lowest BCUT2D eigenvalue weighted by molar-refractivity contribution is -0.147. The summed E-state index contributed by atoms with van der Waals surface area (Å²) in [6.07, 6.45) is 11.6. The molecular formula is C16H29NO2. The van der Waals surface area contributed by atoms with Gasteiger partial charge in [-0.2, -0.15) is 0 Å². The van der Waals surface area contributed by atoms with E-state index in [1.165, 1.54) is 57.8 Å².